The summed E-state index contributed by atoms with van der Waals surface area (Å²) >= 11 is 0. The zero-order valence-corrected chi connectivity index (χ0v) is 14.3. The molecule has 1 amide bonds. The second-order valence-electron chi connectivity index (χ2n) is 6.64. The molecule has 6 nitrogen and oxygen atoms in total. The van der Waals surface area contributed by atoms with Gasteiger partial charge in [0.05, 0.1) is 0 Å². The van der Waals surface area contributed by atoms with E-state index in [1.165, 1.54) is 0 Å². The molecule has 1 aromatic rings. The van der Waals surface area contributed by atoms with E-state index in [1.54, 1.807) is 17.0 Å². The van der Waals surface area contributed by atoms with Gasteiger partial charge in [-0.2, -0.15) is 0 Å². The molecule has 2 aliphatic rings. The maximum absolute atomic E-state index is 12.3. The maximum atomic E-state index is 12.3. The molecule has 0 spiro atoms. The van der Waals surface area contributed by atoms with Gasteiger partial charge in [0.1, 0.15) is 0 Å². The Labute approximate surface area is 142 Å². The van der Waals surface area contributed by atoms with E-state index in [-0.39, 0.29) is 17.5 Å². The van der Waals surface area contributed by atoms with E-state index in [9.17, 15) is 9.59 Å². The van der Waals surface area contributed by atoms with E-state index in [1.807, 2.05) is 11.8 Å². The molecule has 0 bridgehead atoms. The summed E-state index contributed by atoms with van der Waals surface area (Å²) in [6.45, 7) is 4.11. The minimum absolute atomic E-state index is 0.0319. The van der Waals surface area contributed by atoms with Crippen LogP contribution in [0.1, 0.15) is 39.0 Å². The number of carbonyl (C=O) groups is 1. The first-order chi connectivity index (χ1) is 11.7. The van der Waals surface area contributed by atoms with E-state index in [0.29, 0.717) is 24.7 Å². The highest BCUT2D eigenvalue weighted by molar-refractivity contribution is 5.76. The predicted octanol–water partition coefficient (Wildman–Crippen LogP) is 1.70. The van der Waals surface area contributed by atoms with Crippen molar-refractivity contribution in [1.82, 2.24) is 14.9 Å². The van der Waals surface area contributed by atoms with E-state index < -0.39 is 0 Å². The number of rotatable bonds is 5. The lowest BCUT2D eigenvalue weighted by Crippen LogP contribution is -2.46. The van der Waals surface area contributed by atoms with Gasteiger partial charge in [0.15, 0.2) is 5.82 Å². The Hall–Kier alpha value is -2.11. The highest BCUT2D eigenvalue weighted by Gasteiger charge is 2.24. The molecule has 1 saturated heterocycles. The van der Waals surface area contributed by atoms with Crippen molar-refractivity contribution in [1.29, 1.82) is 0 Å². The van der Waals surface area contributed by atoms with Crippen molar-refractivity contribution >= 4 is 11.7 Å². The molecule has 0 saturated carbocycles. The topological polar surface area (TPSA) is 67.2 Å². The minimum atomic E-state index is -0.0319. The minimum Gasteiger partial charge on any atom is -0.353 e. The van der Waals surface area contributed by atoms with Crippen molar-refractivity contribution in [3.63, 3.8) is 0 Å². The number of nitrogens with zero attached hydrogens (tertiary/aromatic N) is 3. The number of nitrogens with one attached hydrogen (secondary N) is 1. The zero-order chi connectivity index (χ0) is 16.9. The molecule has 0 aromatic carbocycles. The molecule has 1 N–H and O–H groups in total. The van der Waals surface area contributed by atoms with Crippen molar-refractivity contribution in [2.75, 3.05) is 18.0 Å². The summed E-state index contributed by atoms with van der Waals surface area (Å²) in [6, 6.07) is 0.205. The highest BCUT2D eigenvalue weighted by Crippen LogP contribution is 2.21. The molecule has 1 atom stereocenters. The van der Waals surface area contributed by atoms with Crippen LogP contribution in [-0.2, 0) is 11.3 Å². The number of allylic oxidation sites excluding steroid dienone is 2. The number of amides is 1. The fourth-order valence-corrected chi connectivity index (χ4v) is 3.53. The van der Waals surface area contributed by atoms with Crippen molar-refractivity contribution in [3.05, 3.63) is 34.9 Å². The second kappa shape index (κ2) is 7.64. The third-order valence-electron chi connectivity index (χ3n) is 4.96. The van der Waals surface area contributed by atoms with Crippen LogP contribution in [-0.4, -0.2) is 34.6 Å². The third kappa shape index (κ3) is 3.86. The summed E-state index contributed by atoms with van der Waals surface area (Å²) in [5.74, 6) is 1.09. The summed E-state index contributed by atoms with van der Waals surface area (Å²) in [7, 11) is 0. The van der Waals surface area contributed by atoms with Gasteiger partial charge in [0.2, 0.25) is 5.91 Å². The zero-order valence-electron chi connectivity index (χ0n) is 14.3. The van der Waals surface area contributed by atoms with Gasteiger partial charge in [-0.05, 0) is 38.5 Å². The molecule has 0 unspecified atom stereocenters. The smallest absolute Gasteiger partial charge is 0.293 e. The normalized spacial score (nSPS) is 21.2. The molecule has 1 aromatic heterocycles. The number of aryl methyl sites for hydroxylation is 1. The number of hydrogen-bond acceptors (Lipinski definition) is 4. The van der Waals surface area contributed by atoms with Crippen molar-refractivity contribution in [2.24, 2.45) is 5.92 Å². The summed E-state index contributed by atoms with van der Waals surface area (Å²) in [5, 5.41) is 3.15. The summed E-state index contributed by atoms with van der Waals surface area (Å²) in [4.78, 5) is 30.8. The molecule has 1 aliphatic heterocycles. The fourth-order valence-electron chi connectivity index (χ4n) is 3.53. The first-order valence-corrected chi connectivity index (χ1v) is 8.93. The molecule has 6 heteroatoms. The quantitative estimate of drug-likeness (QED) is 0.835. The highest BCUT2D eigenvalue weighted by atomic mass is 16.1. The van der Waals surface area contributed by atoms with Gasteiger partial charge >= 0.3 is 0 Å². The Bertz CT molecular complexity index is 659. The number of aromatic nitrogens is 2. The summed E-state index contributed by atoms with van der Waals surface area (Å²) in [6.07, 6.45) is 12.2. The van der Waals surface area contributed by atoms with E-state index in [2.05, 4.69) is 22.5 Å². The van der Waals surface area contributed by atoms with Crippen LogP contribution in [0, 0.1) is 5.92 Å². The first kappa shape index (κ1) is 16.7. The lowest BCUT2D eigenvalue weighted by Gasteiger charge is -2.33. The van der Waals surface area contributed by atoms with Crippen molar-refractivity contribution in [2.45, 2.75) is 51.6 Å². The largest absolute Gasteiger partial charge is 0.353 e. The van der Waals surface area contributed by atoms with Gasteiger partial charge in [-0.25, -0.2) is 4.98 Å². The van der Waals surface area contributed by atoms with Crippen LogP contribution < -0.4 is 15.8 Å². The van der Waals surface area contributed by atoms with Gasteiger partial charge in [0, 0.05) is 44.5 Å². The first-order valence-electron chi connectivity index (χ1n) is 8.93. The lowest BCUT2D eigenvalue weighted by molar-refractivity contribution is -0.122. The van der Waals surface area contributed by atoms with Gasteiger partial charge in [-0.15, -0.1) is 0 Å². The Morgan fingerprint density at radius 3 is 2.79 bits per heavy atom. The number of anilines is 1. The third-order valence-corrected chi connectivity index (χ3v) is 4.96. The molecular formula is C18H26N4O2. The maximum Gasteiger partial charge on any atom is 0.293 e. The Kier molecular flexibility index (Phi) is 5.33. The van der Waals surface area contributed by atoms with Crippen LogP contribution in [0.4, 0.5) is 5.82 Å². The van der Waals surface area contributed by atoms with Crippen molar-refractivity contribution < 1.29 is 4.79 Å². The van der Waals surface area contributed by atoms with Crippen LogP contribution in [0.15, 0.2) is 29.3 Å². The molecule has 24 heavy (non-hydrogen) atoms. The Balaban J connectivity index is 1.51. The summed E-state index contributed by atoms with van der Waals surface area (Å²) < 4.78 is 1.67. The van der Waals surface area contributed by atoms with Gasteiger partial charge < -0.3 is 14.8 Å². The molecule has 0 radical (unpaired) electrons. The molecule has 1 aliphatic carbocycles. The standard InChI is InChI=1S/C18H26N4O2/c1-2-21-12-9-19-17(18(21)24)22-10-7-15(8-11-22)20-16(23)13-14-5-3-4-6-14/h3,5,9,12,14-15H,2,4,6-8,10-11,13H2,1H3,(H,20,23)/t14-/m1/s1. The Morgan fingerprint density at radius 2 is 2.12 bits per heavy atom. The van der Waals surface area contributed by atoms with E-state index in [0.717, 1.165) is 38.8 Å². The summed E-state index contributed by atoms with van der Waals surface area (Å²) in [5.41, 5.74) is -0.0319. The monoisotopic (exact) mass is 330 g/mol. The average Bonchev–Trinajstić information content (AvgIpc) is 3.09. The Morgan fingerprint density at radius 1 is 1.33 bits per heavy atom. The number of piperidine rings is 1. The second-order valence-corrected chi connectivity index (χ2v) is 6.64. The fraction of sp³-hybridized carbons (Fsp3) is 0.611. The lowest BCUT2D eigenvalue weighted by atomic mass is 10.0. The molecule has 1 fully saturated rings. The van der Waals surface area contributed by atoms with Crippen LogP contribution in [0.2, 0.25) is 0 Å². The van der Waals surface area contributed by atoms with Crippen molar-refractivity contribution in [3.8, 4) is 0 Å². The predicted molar refractivity (Wildman–Crippen MR) is 94.0 cm³/mol. The van der Waals surface area contributed by atoms with Crippen LogP contribution in [0.3, 0.4) is 0 Å². The van der Waals surface area contributed by atoms with E-state index in [4.69, 9.17) is 0 Å². The van der Waals surface area contributed by atoms with Crippen LogP contribution in [0.5, 0.6) is 0 Å². The van der Waals surface area contributed by atoms with Gasteiger partial charge in [-0.1, -0.05) is 12.2 Å². The molecular weight excluding hydrogens is 304 g/mol. The molecule has 130 valence electrons. The van der Waals surface area contributed by atoms with Gasteiger partial charge in [-0.3, -0.25) is 9.59 Å². The SMILES string of the molecule is CCn1ccnc(N2CCC(NC(=O)C[C@@H]3C=CCC3)CC2)c1=O. The number of carbonyl (C=O) groups excluding carboxylic acids is 1. The average molecular weight is 330 g/mol. The van der Waals surface area contributed by atoms with Crippen LogP contribution >= 0.6 is 0 Å². The van der Waals surface area contributed by atoms with Crippen LogP contribution in [0.25, 0.3) is 0 Å². The molecule has 2 heterocycles. The van der Waals surface area contributed by atoms with E-state index >= 15 is 0 Å². The molecule has 3 rings (SSSR count). The number of hydrogen-bond donors (Lipinski definition) is 1. The van der Waals surface area contributed by atoms with Gasteiger partial charge in [0.25, 0.3) is 5.56 Å².